The average molecular weight is 401 g/mol. The number of hydrogen-bond donors (Lipinski definition) is 3. The SMILES string of the molecule is CCc1cccc2c(CCNC(=NC)NCCCOCC3CCOCC3)c[nH]c12. The highest BCUT2D eigenvalue weighted by molar-refractivity contribution is 5.86. The fourth-order valence-corrected chi connectivity index (χ4v) is 3.86. The topological polar surface area (TPSA) is 70.7 Å². The normalized spacial score (nSPS) is 15.7. The van der Waals surface area contributed by atoms with Gasteiger partial charge >= 0.3 is 0 Å². The average Bonchev–Trinajstić information content (AvgIpc) is 3.18. The minimum atomic E-state index is 0.670. The molecule has 3 N–H and O–H groups in total. The number of hydrogen-bond acceptors (Lipinski definition) is 3. The predicted octanol–water partition coefficient (Wildman–Crippen LogP) is 3.27. The van der Waals surface area contributed by atoms with E-state index in [9.17, 15) is 0 Å². The van der Waals surface area contributed by atoms with E-state index in [0.29, 0.717) is 5.92 Å². The first-order valence-electron chi connectivity index (χ1n) is 11.0. The lowest BCUT2D eigenvalue weighted by Gasteiger charge is -2.21. The van der Waals surface area contributed by atoms with E-state index < -0.39 is 0 Å². The highest BCUT2D eigenvalue weighted by Crippen LogP contribution is 2.22. The van der Waals surface area contributed by atoms with E-state index in [1.807, 2.05) is 7.05 Å². The summed E-state index contributed by atoms with van der Waals surface area (Å²) in [7, 11) is 1.82. The van der Waals surface area contributed by atoms with Crippen molar-refractivity contribution in [3.05, 3.63) is 35.5 Å². The monoisotopic (exact) mass is 400 g/mol. The molecule has 29 heavy (non-hydrogen) atoms. The molecule has 1 saturated heterocycles. The zero-order chi connectivity index (χ0) is 20.3. The van der Waals surface area contributed by atoms with Crippen LogP contribution in [0.3, 0.4) is 0 Å². The van der Waals surface area contributed by atoms with Crippen molar-refractivity contribution in [3.8, 4) is 0 Å². The lowest BCUT2D eigenvalue weighted by Crippen LogP contribution is -2.39. The molecule has 1 fully saturated rings. The van der Waals surface area contributed by atoms with Crippen LogP contribution in [-0.2, 0) is 22.3 Å². The van der Waals surface area contributed by atoms with Gasteiger partial charge in [0.15, 0.2) is 5.96 Å². The first-order chi connectivity index (χ1) is 14.3. The van der Waals surface area contributed by atoms with Gasteiger partial charge in [0.25, 0.3) is 0 Å². The molecule has 1 aromatic carbocycles. The second kappa shape index (κ2) is 11.8. The fourth-order valence-electron chi connectivity index (χ4n) is 3.86. The molecule has 0 bridgehead atoms. The summed E-state index contributed by atoms with van der Waals surface area (Å²) in [5.74, 6) is 1.52. The molecule has 0 atom stereocenters. The molecular formula is C23H36N4O2. The Bertz CT molecular complexity index is 765. The van der Waals surface area contributed by atoms with Crippen molar-refractivity contribution in [1.82, 2.24) is 15.6 Å². The molecule has 0 aliphatic carbocycles. The van der Waals surface area contributed by atoms with Crippen LogP contribution in [0.5, 0.6) is 0 Å². The van der Waals surface area contributed by atoms with E-state index in [0.717, 1.165) is 77.6 Å². The van der Waals surface area contributed by atoms with E-state index in [-0.39, 0.29) is 0 Å². The van der Waals surface area contributed by atoms with Crippen molar-refractivity contribution >= 4 is 16.9 Å². The maximum Gasteiger partial charge on any atom is 0.190 e. The summed E-state index contributed by atoms with van der Waals surface area (Å²) in [6.07, 6.45) is 7.38. The molecule has 2 aromatic rings. The minimum absolute atomic E-state index is 0.670. The van der Waals surface area contributed by atoms with Crippen molar-refractivity contribution in [2.75, 3.05) is 46.6 Å². The summed E-state index contributed by atoms with van der Waals surface area (Å²) in [5.41, 5.74) is 3.99. The van der Waals surface area contributed by atoms with Gasteiger partial charge in [-0.05, 0) is 49.1 Å². The number of aromatic nitrogens is 1. The second-order valence-corrected chi connectivity index (χ2v) is 7.67. The molecule has 1 aliphatic rings. The lowest BCUT2D eigenvalue weighted by atomic mass is 10.0. The van der Waals surface area contributed by atoms with Gasteiger partial charge in [0, 0.05) is 63.7 Å². The molecule has 2 heterocycles. The van der Waals surface area contributed by atoms with Gasteiger partial charge in [0.05, 0.1) is 0 Å². The number of rotatable bonds is 10. The van der Waals surface area contributed by atoms with Crippen LogP contribution >= 0.6 is 0 Å². The fraction of sp³-hybridized carbons (Fsp3) is 0.609. The summed E-state index contributed by atoms with van der Waals surface area (Å²) in [6.45, 7) is 7.33. The Balaban J connectivity index is 1.31. The molecule has 0 amide bonds. The van der Waals surface area contributed by atoms with Gasteiger partial charge in [-0.2, -0.15) is 0 Å². The number of nitrogens with zero attached hydrogens (tertiary/aromatic N) is 1. The Morgan fingerprint density at radius 3 is 2.83 bits per heavy atom. The smallest absolute Gasteiger partial charge is 0.190 e. The first kappa shape index (κ1) is 21.7. The second-order valence-electron chi connectivity index (χ2n) is 7.67. The minimum Gasteiger partial charge on any atom is -0.381 e. The van der Waals surface area contributed by atoms with Gasteiger partial charge in [-0.15, -0.1) is 0 Å². The zero-order valence-electron chi connectivity index (χ0n) is 17.9. The predicted molar refractivity (Wildman–Crippen MR) is 120 cm³/mol. The van der Waals surface area contributed by atoms with E-state index in [2.05, 4.69) is 51.9 Å². The Morgan fingerprint density at radius 1 is 1.21 bits per heavy atom. The summed E-state index contributed by atoms with van der Waals surface area (Å²) >= 11 is 0. The van der Waals surface area contributed by atoms with Crippen molar-refractivity contribution in [2.45, 2.75) is 39.0 Å². The van der Waals surface area contributed by atoms with Gasteiger partial charge in [0.2, 0.25) is 0 Å². The highest BCUT2D eigenvalue weighted by Gasteiger charge is 2.13. The third-order valence-corrected chi connectivity index (χ3v) is 5.63. The summed E-state index contributed by atoms with van der Waals surface area (Å²) in [6, 6.07) is 6.55. The molecule has 6 nitrogen and oxygen atoms in total. The number of aromatic amines is 1. The van der Waals surface area contributed by atoms with Crippen LogP contribution in [0.15, 0.2) is 29.4 Å². The largest absolute Gasteiger partial charge is 0.381 e. The van der Waals surface area contributed by atoms with E-state index in [1.165, 1.54) is 22.0 Å². The van der Waals surface area contributed by atoms with Gasteiger partial charge < -0.3 is 25.1 Å². The third kappa shape index (κ3) is 6.47. The van der Waals surface area contributed by atoms with Gasteiger partial charge in [-0.25, -0.2) is 0 Å². The van der Waals surface area contributed by atoms with E-state index in [4.69, 9.17) is 9.47 Å². The number of benzene rings is 1. The van der Waals surface area contributed by atoms with E-state index in [1.54, 1.807) is 0 Å². The Kier molecular flexibility index (Phi) is 8.83. The first-order valence-corrected chi connectivity index (χ1v) is 11.0. The molecule has 6 heteroatoms. The van der Waals surface area contributed by atoms with Crippen LogP contribution in [0.25, 0.3) is 10.9 Å². The van der Waals surface area contributed by atoms with Crippen LogP contribution in [-0.4, -0.2) is 57.5 Å². The number of aryl methyl sites for hydroxylation is 1. The number of ether oxygens (including phenoxy) is 2. The van der Waals surface area contributed by atoms with Gasteiger partial charge in [-0.1, -0.05) is 25.1 Å². The Hall–Kier alpha value is -2.05. The molecule has 1 aromatic heterocycles. The molecule has 160 valence electrons. The van der Waals surface area contributed by atoms with E-state index >= 15 is 0 Å². The molecule has 0 unspecified atom stereocenters. The van der Waals surface area contributed by atoms with Crippen LogP contribution in [0, 0.1) is 5.92 Å². The number of nitrogens with one attached hydrogen (secondary N) is 3. The number of H-pyrrole nitrogens is 1. The van der Waals surface area contributed by atoms with Crippen molar-refractivity contribution in [1.29, 1.82) is 0 Å². The van der Waals surface area contributed by atoms with Crippen molar-refractivity contribution in [3.63, 3.8) is 0 Å². The standard InChI is InChI=1S/C23H36N4O2/c1-3-19-6-4-7-21-20(16-27-22(19)21)8-12-26-23(24-2)25-11-5-13-29-17-18-9-14-28-15-10-18/h4,6-7,16,18,27H,3,5,8-15,17H2,1-2H3,(H2,24,25,26). The maximum absolute atomic E-state index is 5.82. The molecule has 0 spiro atoms. The van der Waals surface area contributed by atoms with Gasteiger partial charge in [-0.3, -0.25) is 4.99 Å². The Labute approximate surface area is 174 Å². The summed E-state index contributed by atoms with van der Waals surface area (Å²) in [4.78, 5) is 7.76. The van der Waals surface area contributed by atoms with Crippen LogP contribution in [0.1, 0.15) is 37.3 Å². The third-order valence-electron chi connectivity index (χ3n) is 5.63. The molecular weight excluding hydrogens is 364 g/mol. The quantitative estimate of drug-likeness (QED) is 0.325. The highest BCUT2D eigenvalue weighted by atomic mass is 16.5. The lowest BCUT2D eigenvalue weighted by molar-refractivity contribution is 0.0203. The summed E-state index contributed by atoms with van der Waals surface area (Å²) in [5, 5.41) is 8.12. The molecule has 0 radical (unpaired) electrons. The number of para-hydroxylation sites is 1. The molecule has 0 saturated carbocycles. The number of fused-ring (bicyclic) bond motifs is 1. The van der Waals surface area contributed by atoms with Crippen LogP contribution in [0.2, 0.25) is 0 Å². The van der Waals surface area contributed by atoms with Crippen LogP contribution in [0.4, 0.5) is 0 Å². The van der Waals surface area contributed by atoms with Crippen molar-refractivity contribution in [2.24, 2.45) is 10.9 Å². The van der Waals surface area contributed by atoms with Gasteiger partial charge in [0.1, 0.15) is 0 Å². The molecule has 1 aliphatic heterocycles. The molecule has 3 rings (SSSR count). The maximum atomic E-state index is 5.82. The zero-order valence-corrected chi connectivity index (χ0v) is 17.9. The summed E-state index contributed by atoms with van der Waals surface area (Å²) < 4.78 is 11.2. The van der Waals surface area contributed by atoms with Crippen LogP contribution < -0.4 is 10.6 Å². The Morgan fingerprint density at radius 2 is 2.03 bits per heavy atom. The van der Waals surface area contributed by atoms with Crippen molar-refractivity contribution < 1.29 is 9.47 Å². The number of guanidine groups is 1. The number of aliphatic imine (C=N–C) groups is 1.